The van der Waals surface area contributed by atoms with Gasteiger partial charge in [0.25, 0.3) is 0 Å². The van der Waals surface area contributed by atoms with Gasteiger partial charge in [-0.3, -0.25) is 0 Å². The van der Waals surface area contributed by atoms with Crippen LogP contribution >= 0.6 is 27.5 Å². The van der Waals surface area contributed by atoms with Crippen LogP contribution in [0.5, 0.6) is 11.6 Å². The van der Waals surface area contributed by atoms with E-state index in [9.17, 15) is 5.11 Å². The van der Waals surface area contributed by atoms with Gasteiger partial charge in [-0.1, -0.05) is 11.6 Å². The third-order valence-corrected chi connectivity index (χ3v) is 3.55. The summed E-state index contributed by atoms with van der Waals surface area (Å²) in [6.07, 6.45) is 0. The van der Waals surface area contributed by atoms with Crippen LogP contribution in [0.25, 0.3) is 0 Å². The standard InChI is InChI=1S/C14H13BrClNO2/c1-8-5-9(2)17-14(11(8)7-18)19-13-4-3-10(16)6-12(13)15/h3-6,18H,7H2,1-2H3. The number of pyridine rings is 1. The molecular weight excluding hydrogens is 330 g/mol. The number of hydrogen-bond acceptors (Lipinski definition) is 3. The molecule has 2 aromatic rings. The molecule has 5 heteroatoms. The number of aliphatic hydroxyl groups is 1. The fourth-order valence-electron chi connectivity index (χ4n) is 1.77. The van der Waals surface area contributed by atoms with Gasteiger partial charge in [0, 0.05) is 16.3 Å². The minimum absolute atomic E-state index is 0.111. The quantitative estimate of drug-likeness (QED) is 0.899. The minimum atomic E-state index is -0.111. The smallest absolute Gasteiger partial charge is 0.225 e. The maximum Gasteiger partial charge on any atom is 0.225 e. The van der Waals surface area contributed by atoms with E-state index in [1.807, 2.05) is 19.9 Å². The van der Waals surface area contributed by atoms with E-state index in [1.54, 1.807) is 18.2 Å². The molecule has 0 unspecified atom stereocenters. The summed E-state index contributed by atoms with van der Waals surface area (Å²) in [6.45, 7) is 3.70. The molecule has 0 amide bonds. The summed E-state index contributed by atoms with van der Waals surface area (Å²) in [7, 11) is 0. The van der Waals surface area contributed by atoms with Crippen molar-refractivity contribution >= 4 is 27.5 Å². The van der Waals surface area contributed by atoms with E-state index in [4.69, 9.17) is 16.3 Å². The molecular formula is C14H13BrClNO2. The Balaban J connectivity index is 2.42. The highest BCUT2D eigenvalue weighted by molar-refractivity contribution is 9.10. The summed E-state index contributed by atoms with van der Waals surface area (Å²) in [4.78, 5) is 4.33. The van der Waals surface area contributed by atoms with Crippen molar-refractivity contribution < 1.29 is 9.84 Å². The third kappa shape index (κ3) is 3.26. The van der Waals surface area contributed by atoms with Crippen LogP contribution in [-0.2, 0) is 6.61 Å². The number of ether oxygens (including phenoxy) is 1. The van der Waals surface area contributed by atoms with Gasteiger partial charge in [0.05, 0.1) is 11.1 Å². The number of benzene rings is 1. The van der Waals surface area contributed by atoms with E-state index < -0.39 is 0 Å². The second kappa shape index (κ2) is 5.90. The summed E-state index contributed by atoms with van der Waals surface area (Å²) in [6, 6.07) is 7.16. The lowest BCUT2D eigenvalue weighted by atomic mass is 10.1. The molecule has 0 atom stereocenters. The Morgan fingerprint density at radius 2 is 2.05 bits per heavy atom. The molecule has 0 saturated heterocycles. The van der Waals surface area contributed by atoms with Gasteiger partial charge in [-0.25, -0.2) is 4.98 Å². The summed E-state index contributed by atoms with van der Waals surface area (Å²) < 4.78 is 6.51. The zero-order valence-corrected chi connectivity index (χ0v) is 12.9. The summed E-state index contributed by atoms with van der Waals surface area (Å²) >= 11 is 9.28. The fraction of sp³-hybridized carbons (Fsp3) is 0.214. The van der Waals surface area contributed by atoms with Crippen LogP contribution in [0.3, 0.4) is 0 Å². The maximum absolute atomic E-state index is 9.43. The van der Waals surface area contributed by atoms with Gasteiger partial charge >= 0.3 is 0 Å². The number of aromatic nitrogens is 1. The highest BCUT2D eigenvalue weighted by atomic mass is 79.9. The molecule has 0 aliphatic carbocycles. The van der Waals surface area contributed by atoms with Crippen LogP contribution in [0.1, 0.15) is 16.8 Å². The van der Waals surface area contributed by atoms with Crippen molar-refractivity contribution in [2.75, 3.05) is 0 Å². The molecule has 1 N–H and O–H groups in total. The number of rotatable bonds is 3. The largest absolute Gasteiger partial charge is 0.437 e. The van der Waals surface area contributed by atoms with Gasteiger partial charge in [0.1, 0.15) is 5.75 Å². The van der Waals surface area contributed by atoms with Crippen molar-refractivity contribution in [2.45, 2.75) is 20.5 Å². The average Bonchev–Trinajstić information content (AvgIpc) is 2.32. The van der Waals surface area contributed by atoms with Crippen LogP contribution in [-0.4, -0.2) is 10.1 Å². The molecule has 1 heterocycles. The average molecular weight is 343 g/mol. The Kier molecular flexibility index (Phi) is 4.45. The fourth-order valence-corrected chi connectivity index (χ4v) is 2.53. The normalized spacial score (nSPS) is 10.6. The second-order valence-corrected chi connectivity index (χ2v) is 5.49. The van der Waals surface area contributed by atoms with Gasteiger partial charge in [0.15, 0.2) is 0 Å². The Bertz CT molecular complexity index is 617. The van der Waals surface area contributed by atoms with Crippen LogP contribution in [0, 0.1) is 13.8 Å². The number of aryl methyl sites for hydroxylation is 2. The van der Waals surface area contributed by atoms with Crippen LogP contribution in [0.4, 0.5) is 0 Å². The molecule has 3 nitrogen and oxygen atoms in total. The van der Waals surface area contributed by atoms with Crippen molar-refractivity contribution in [3.63, 3.8) is 0 Å². The van der Waals surface area contributed by atoms with Gasteiger partial charge in [-0.2, -0.15) is 0 Å². The molecule has 1 aromatic carbocycles. The summed E-state index contributed by atoms with van der Waals surface area (Å²) in [5.41, 5.74) is 2.48. The SMILES string of the molecule is Cc1cc(C)c(CO)c(Oc2ccc(Cl)cc2Br)n1. The summed E-state index contributed by atoms with van der Waals surface area (Å²) in [5.74, 6) is 1.03. The van der Waals surface area contributed by atoms with Gasteiger partial charge in [-0.05, 0) is 59.6 Å². The molecule has 0 radical (unpaired) electrons. The van der Waals surface area contributed by atoms with Gasteiger partial charge < -0.3 is 9.84 Å². The van der Waals surface area contributed by atoms with Crippen LogP contribution in [0.15, 0.2) is 28.7 Å². The monoisotopic (exact) mass is 341 g/mol. The Morgan fingerprint density at radius 1 is 1.32 bits per heavy atom. The molecule has 19 heavy (non-hydrogen) atoms. The zero-order valence-electron chi connectivity index (χ0n) is 10.6. The first kappa shape index (κ1) is 14.3. The van der Waals surface area contributed by atoms with Crippen molar-refractivity contribution in [3.8, 4) is 11.6 Å². The molecule has 0 aliphatic heterocycles. The van der Waals surface area contributed by atoms with E-state index in [-0.39, 0.29) is 6.61 Å². The third-order valence-electron chi connectivity index (χ3n) is 2.70. The number of nitrogens with zero attached hydrogens (tertiary/aromatic N) is 1. The van der Waals surface area contributed by atoms with Crippen LogP contribution in [0.2, 0.25) is 5.02 Å². The van der Waals surface area contributed by atoms with Crippen molar-refractivity contribution in [3.05, 3.63) is 50.6 Å². The van der Waals surface area contributed by atoms with Crippen molar-refractivity contribution in [2.24, 2.45) is 0 Å². The van der Waals surface area contributed by atoms with E-state index in [0.717, 1.165) is 15.7 Å². The molecule has 0 spiro atoms. The van der Waals surface area contributed by atoms with E-state index in [1.165, 1.54) is 0 Å². The lowest BCUT2D eigenvalue weighted by Crippen LogP contribution is -2.00. The number of hydrogen-bond donors (Lipinski definition) is 1. The second-order valence-electron chi connectivity index (χ2n) is 4.20. The lowest BCUT2D eigenvalue weighted by molar-refractivity contribution is 0.274. The maximum atomic E-state index is 9.43. The molecule has 0 fully saturated rings. The zero-order chi connectivity index (χ0) is 14.0. The summed E-state index contributed by atoms with van der Waals surface area (Å²) in [5, 5.41) is 10.0. The minimum Gasteiger partial charge on any atom is -0.437 e. The first-order valence-corrected chi connectivity index (χ1v) is 6.89. The molecule has 0 aliphatic rings. The van der Waals surface area contributed by atoms with Crippen molar-refractivity contribution in [1.29, 1.82) is 0 Å². The Hall–Kier alpha value is -1.10. The van der Waals surface area contributed by atoms with E-state index in [2.05, 4.69) is 20.9 Å². The molecule has 0 bridgehead atoms. The van der Waals surface area contributed by atoms with Crippen LogP contribution < -0.4 is 4.74 Å². The molecule has 0 saturated carbocycles. The van der Waals surface area contributed by atoms with Crippen molar-refractivity contribution in [1.82, 2.24) is 4.98 Å². The lowest BCUT2D eigenvalue weighted by Gasteiger charge is -2.13. The number of halogens is 2. The highest BCUT2D eigenvalue weighted by Gasteiger charge is 2.12. The first-order valence-electron chi connectivity index (χ1n) is 5.72. The predicted molar refractivity (Wildman–Crippen MR) is 78.9 cm³/mol. The van der Waals surface area contributed by atoms with Gasteiger partial charge in [0.2, 0.25) is 5.88 Å². The predicted octanol–water partition coefficient (Wildman–Crippen LogP) is 4.40. The Labute approximate surface area is 125 Å². The molecule has 1 aromatic heterocycles. The first-order chi connectivity index (χ1) is 9.01. The number of aliphatic hydroxyl groups excluding tert-OH is 1. The highest BCUT2D eigenvalue weighted by Crippen LogP contribution is 2.33. The topological polar surface area (TPSA) is 42.4 Å². The molecule has 2 rings (SSSR count). The Morgan fingerprint density at radius 3 is 2.68 bits per heavy atom. The van der Waals surface area contributed by atoms with Gasteiger partial charge in [-0.15, -0.1) is 0 Å². The molecule has 100 valence electrons. The van der Waals surface area contributed by atoms with E-state index >= 15 is 0 Å². The van der Waals surface area contributed by atoms with E-state index in [0.29, 0.717) is 22.2 Å².